The molecule has 0 N–H and O–H groups in total. The Morgan fingerprint density at radius 2 is 2.36 bits per heavy atom. The third-order valence-corrected chi connectivity index (χ3v) is 3.11. The van der Waals surface area contributed by atoms with Crippen molar-refractivity contribution in [3.63, 3.8) is 0 Å². The molecule has 0 aromatic rings. The number of alkyl halides is 1. The summed E-state index contributed by atoms with van der Waals surface area (Å²) < 4.78 is 5.38. The van der Waals surface area contributed by atoms with Crippen molar-refractivity contribution in [3.8, 4) is 0 Å². The van der Waals surface area contributed by atoms with E-state index >= 15 is 0 Å². The lowest BCUT2D eigenvalue weighted by Crippen LogP contribution is -2.34. The summed E-state index contributed by atoms with van der Waals surface area (Å²) in [5.74, 6) is 0.320. The molecule has 1 aliphatic heterocycles. The van der Waals surface area contributed by atoms with E-state index in [1.165, 1.54) is 0 Å². The Labute approximate surface area is 93.9 Å². The maximum absolute atomic E-state index is 11.8. The van der Waals surface area contributed by atoms with E-state index in [0.717, 1.165) is 24.7 Å². The van der Waals surface area contributed by atoms with Gasteiger partial charge in [-0.3, -0.25) is 4.79 Å². The molecule has 0 saturated carbocycles. The molecule has 1 rings (SSSR count). The highest BCUT2D eigenvalue weighted by Gasteiger charge is 2.29. The van der Waals surface area contributed by atoms with Crippen LogP contribution in [0.2, 0.25) is 0 Å². The van der Waals surface area contributed by atoms with Gasteiger partial charge >= 0.3 is 0 Å². The van der Waals surface area contributed by atoms with Gasteiger partial charge in [0.05, 0.1) is 18.6 Å². The first-order chi connectivity index (χ1) is 6.65. The lowest BCUT2D eigenvalue weighted by molar-refractivity contribution is -0.134. The standard InChI is InChI=1S/C10H18BrNO2/c1-8-6-9(7-14-8)10(13)12(2)5-3-4-11/h8-9H,3-7H2,1-2H3. The maximum atomic E-state index is 11.8. The van der Waals surface area contributed by atoms with Gasteiger partial charge < -0.3 is 9.64 Å². The molecule has 1 amide bonds. The van der Waals surface area contributed by atoms with Gasteiger partial charge in [-0.1, -0.05) is 15.9 Å². The first-order valence-electron chi connectivity index (χ1n) is 5.07. The highest BCUT2D eigenvalue weighted by molar-refractivity contribution is 9.09. The first kappa shape index (κ1) is 12.0. The Hall–Kier alpha value is -0.0900. The van der Waals surface area contributed by atoms with E-state index in [1.54, 1.807) is 0 Å². The Morgan fingerprint density at radius 3 is 2.86 bits per heavy atom. The van der Waals surface area contributed by atoms with Crippen molar-refractivity contribution in [1.29, 1.82) is 0 Å². The Morgan fingerprint density at radius 1 is 1.64 bits per heavy atom. The van der Waals surface area contributed by atoms with Gasteiger partial charge in [-0.25, -0.2) is 0 Å². The number of amides is 1. The Bertz CT molecular complexity index is 199. The summed E-state index contributed by atoms with van der Waals surface area (Å²) in [5, 5.41) is 0.947. The zero-order chi connectivity index (χ0) is 10.6. The van der Waals surface area contributed by atoms with Gasteiger partial charge in [-0.15, -0.1) is 0 Å². The second-order valence-electron chi connectivity index (χ2n) is 3.88. The Balaban J connectivity index is 2.32. The van der Waals surface area contributed by atoms with E-state index < -0.39 is 0 Å². The SMILES string of the molecule is CC1CC(C(=O)N(C)CCCBr)CO1. The van der Waals surface area contributed by atoms with E-state index in [2.05, 4.69) is 15.9 Å². The van der Waals surface area contributed by atoms with E-state index in [1.807, 2.05) is 18.9 Å². The van der Waals surface area contributed by atoms with Gasteiger partial charge in [0.1, 0.15) is 0 Å². The fourth-order valence-electron chi connectivity index (χ4n) is 1.71. The molecule has 0 aromatic heterocycles. The quantitative estimate of drug-likeness (QED) is 0.723. The van der Waals surface area contributed by atoms with Crippen LogP contribution in [0, 0.1) is 5.92 Å². The largest absolute Gasteiger partial charge is 0.378 e. The van der Waals surface area contributed by atoms with Crippen molar-refractivity contribution < 1.29 is 9.53 Å². The van der Waals surface area contributed by atoms with Gasteiger partial charge in [0.2, 0.25) is 5.91 Å². The molecule has 2 atom stereocenters. The van der Waals surface area contributed by atoms with Crippen molar-refractivity contribution >= 4 is 21.8 Å². The van der Waals surface area contributed by atoms with Crippen LogP contribution in [0.3, 0.4) is 0 Å². The van der Waals surface area contributed by atoms with E-state index in [0.29, 0.717) is 6.61 Å². The molecule has 82 valence electrons. The minimum Gasteiger partial charge on any atom is -0.378 e. The van der Waals surface area contributed by atoms with Gasteiger partial charge in [-0.2, -0.15) is 0 Å². The summed E-state index contributed by atoms with van der Waals surface area (Å²) in [4.78, 5) is 13.6. The number of hydrogen-bond donors (Lipinski definition) is 0. The van der Waals surface area contributed by atoms with Gasteiger partial charge in [0.25, 0.3) is 0 Å². The topological polar surface area (TPSA) is 29.5 Å². The van der Waals surface area contributed by atoms with Crippen LogP contribution in [0.4, 0.5) is 0 Å². The molecule has 0 bridgehead atoms. The van der Waals surface area contributed by atoms with Crippen molar-refractivity contribution in [1.82, 2.24) is 4.90 Å². The van der Waals surface area contributed by atoms with E-state index in [-0.39, 0.29) is 17.9 Å². The summed E-state index contributed by atoms with van der Waals surface area (Å²) in [7, 11) is 1.87. The first-order valence-corrected chi connectivity index (χ1v) is 6.20. The third-order valence-electron chi connectivity index (χ3n) is 2.55. The van der Waals surface area contributed by atoms with E-state index in [4.69, 9.17) is 4.74 Å². The average molecular weight is 264 g/mol. The molecule has 1 aliphatic rings. The summed E-state index contributed by atoms with van der Waals surface area (Å²) in [6.07, 6.45) is 2.12. The van der Waals surface area contributed by atoms with Crippen molar-refractivity contribution in [2.24, 2.45) is 5.92 Å². The second-order valence-corrected chi connectivity index (χ2v) is 4.67. The molecular formula is C10H18BrNO2. The van der Waals surface area contributed by atoms with Gasteiger partial charge in [0.15, 0.2) is 0 Å². The van der Waals surface area contributed by atoms with Crippen LogP contribution < -0.4 is 0 Å². The van der Waals surface area contributed by atoms with Crippen LogP contribution in [0.25, 0.3) is 0 Å². The number of rotatable bonds is 4. The summed E-state index contributed by atoms with van der Waals surface area (Å²) in [5.41, 5.74) is 0. The number of halogens is 1. The normalized spacial score (nSPS) is 26.5. The molecule has 3 nitrogen and oxygen atoms in total. The minimum atomic E-state index is 0.0883. The molecule has 1 saturated heterocycles. The molecule has 0 aromatic carbocycles. The van der Waals surface area contributed by atoms with Crippen LogP contribution in [-0.2, 0) is 9.53 Å². The number of hydrogen-bond acceptors (Lipinski definition) is 2. The van der Waals surface area contributed by atoms with Crippen molar-refractivity contribution in [2.75, 3.05) is 25.5 Å². The molecule has 1 fully saturated rings. The Kier molecular flexibility index (Phi) is 4.89. The van der Waals surface area contributed by atoms with Gasteiger partial charge in [-0.05, 0) is 19.8 Å². The van der Waals surface area contributed by atoms with Crippen LogP contribution in [0.1, 0.15) is 19.8 Å². The summed E-state index contributed by atoms with van der Waals surface area (Å²) in [6.45, 7) is 3.44. The van der Waals surface area contributed by atoms with E-state index in [9.17, 15) is 4.79 Å². The van der Waals surface area contributed by atoms with Crippen LogP contribution in [0.15, 0.2) is 0 Å². The van der Waals surface area contributed by atoms with Crippen LogP contribution in [-0.4, -0.2) is 42.4 Å². The third kappa shape index (κ3) is 3.24. The zero-order valence-corrected chi connectivity index (χ0v) is 10.4. The van der Waals surface area contributed by atoms with Crippen LogP contribution in [0.5, 0.6) is 0 Å². The second kappa shape index (κ2) is 5.71. The number of nitrogens with zero attached hydrogens (tertiary/aromatic N) is 1. The number of carbonyl (C=O) groups excluding carboxylic acids is 1. The lowest BCUT2D eigenvalue weighted by Gasteiger charge is -2.19. The summed E-state index contributed by atoms with van der Waals surface area (Å²) >= 11 is 3.36. The molecule has 4 heteroatoms. The van der Waals surface area contributed by atoms with Crippen molar-refractivity contribution in [2.45, 2.75) is 25.9 Å². The monoisotopic (exact) mass is 263 g/mol. The molecule has 1 heterocycles. The molecule has 0 spiro atoms. The van der Waals surface area contributed by atoms with Gasteiger partial charge in [0, 0.05) is 18.9 Å². The highest BCUT2D eigenvalue weighted by Crippen LogP contribution is 2.20. The molecule has 14 heavy (non-hydrogen) atoms. The molecule has 0 aliphatic carbocycles. The lowest BCUT2D eigenvalue weighted by atomic mass is 10.1. The molecular weight excluding hydrogens is 246 g/mol. The highest BCUT2D eigenvalue weighted by atomic mass is 79.9. The fraction of sp³-hybridized carbons (Fsp3) is 0.900. The van der Waals surface area contributed by atoms with Crippen molar-refractivity contribution in [3.05, 3.63) is 0 Å². The fourth-order valence-corrected chi connectivity index (χ4v) is 1.96. The summed E-state index contributed by atoms with van der Waals surface area (Å²) in [6, 6.07) is 0. The smallest absolute Gasteiger partial charge is 0.227 e. The molecule has 0 radical (unpaired) electrons. The predicted octanol–water partition coefficient (Wildman–Crippen LogP) is 1.65. The molecule has 2 unspecified atom stereocenters. The maximum Gasteiger partial charge on any atom is 0.227 e. The zero-order valence-electron chi connectivity index (χ0n) is 8.83. The number of ether oxygens (including phenoxy) is 1. The minimum absolute atomic E-state index is 0.0883. The van der Waals surface area contributed by atoms with Crippen LogP contribution >= 0.6 is 15.9 Å². The average Bonchev–Trinajstić information content (AvgIpc) is 2.60. The number of carbonyl (C=O) groups is 1. The predicted molar refractivity (Wildman–Crippen MR) is 59.6 cm³/mol.